The van der Waals surface area contributed by atoms with Crippen LogP contribution in [0.5, 0.6) is 17.2 Å². The van der Waals surface area contributed by atoms with Crippen molar-refractivity contribution >= 4 is 10.0 Å². The molecule has 7 heteroatoms. The Hall–Kier alpha value is -2.25. The standard InChI is InChI=1S/C18H23NO5S/c1-4-23-16-10-11-17(24-5-2)18(12-16)25(20,21)19-13-14-6-8-15(22-3)9-7-14/h6-12,19H,4-5,13H2,1-3H3. The molecule has 1 N–H and O–H groups in total. The lowest BCUT2D eigenvalue weighted by atomic mass is 10.2. The van der Waals surface area contributed by atoms with Gasteiger partial charge in [-0.2, -0.15) is 0 Å². The van der Waals surface area contributed by atoms with Crippen LogP contribution in [0, 0.1) is 0 Å². The molecule has 0 heterocycles. The zero-order chi connectivity index (χ0) is 18.3. The first kappa shape index (κ1) is 19.1. The Morgan fingerprint density at radius 2 is 1.56 bits per heavy atom. The molecule has 0 bridgehead atoms. The molecule has 0 radical (unpaired) electrons. The maximum atomic E-state index is 12.7. The molecule has 0 saturated heterocycles. The zero-order valence-electron chi connectivity index (χ0n) is 14.6. The Bertz CT molecular complexity index is 788. The van der Waals surface area contributed by atoms with Gasteiger partial charge in [0.15, 0.2) is 0 Å². The van der Waals surface area contributed by atoms with Gasteiger partial charge in [0.05, 0.1) is 20.3 Å². The fourth-order valence-corrected chi connectivity index (χ4v) is 3.40. The summed E-state index contributed by atoms with van der Waals surface area (Å²) in [6.07, 6.45) is 0. The maximum Gasteiger partial charge on any atom is 0.244 e. The minimum absolute atomic E-state index is 0.0637. The van der Waals surface area contributed by atoms with Gasteiger partial charge in [-0.25, -0.2) is 13.1 Å². The van der Waals surface area contributed by atoms with Crippen LogP contribution in [0.15, 0.2) is 47.4 Å². The number of methoxy groups -OCH3 is 1. The third-order valence-corrected chi connectivity index (χ3v) is 4.86. The highest BCUT2D eigenvalue weighted by molar-refractivity contribution is 7.89. The molecule has 0 amide bonds. The van der Waals surface area contributed by atoms with Gasteiger partial charge in [-0.15, -0.1) is 0 Å². The van der Waals surface area contributed by atoms with E-state index in [1.54, 1.807) is 50.4 Å². The summed E-state index contributed by atoms with van der Waals surface area (Å²) in [6.45, 7) is 4.63. The number of nitrogens with one attached hydrogen (secondary N) is 1. The average molecular weight is 365 g/mol. The topological polar surface area (TPSA) is 73.9 Å². The molecule has 2 rings (SSSR count). The molecular formula is C18H23NO5S. The molecule has 136 valence electrons. The number of hydrogen-bond acceptors (Lipinski definition) is 5. The van der Waals surface area contributed by atoms with E-state index in [1.165, 1.54) is 6.07 Å². The number of rotatable bonds is 9. The third kappa shape index (κ3) is 5.11. The predicted octanol–water partition coefficient (Wildman–Crippen LogP) is 2.97. The fraction of sp³-hybridized carbons (Fsp3) is 0.333. The van der Waals surface area contributed by atoms with E-state index < -0.39 is 10.0 Å². The van der Waals surface area contributed by atoms with Gasteiger partial charge in [0, 0.05) is 12.6 Å². The van der Waals surface area contributed by atoms with E-state index in [4.69, 9.17) is 14.2 Å². The minimum atomic E-state index is -3.75. The summed E-state index contributed by atoms with van der Waals surface area (Å²) in [5.41, 5.74) is 0.822. The normalized spacial score (nSPS) is 11.2. The molecule has 0 aliphatic heterocycles. The zero-order valence-corrected chi connectivity index (χ0v) is 15.4. The number of hydrogen-bond donors (Lipinski definition) is 1. The van der Waals surface area contributed by atoms with Crippen molar-refractivity contribution in [1.29, 1.82) is 0 Å². The first-order chi connectivity index (χ1) is 12.0. The predicted molar refractivity (Wildman–Crippen MR) is 95.8 cm³/mol. The highest BCUT2D eigenvalue weighted by atomic mass is 32.2. The van der Waals surface area contributed by atoms with E-state index >= 15 is 0 Å². The maximum absolute atomic E-state index is 12.7. The molecule has 2 aromatic carbocycles. The van der Waals surface area contributed by atoms with Crippen molar-refractivity contribution in [2.75, 3.05) is 20.3 Å². The van der Waals surface area contributed by atoms with Gasteiger partial charge in [0.2, 0.25) is 10.0 Å². The summed E-state index contributed by atoms with van der Waals surface area (Å²) in [6, 6.07) is 12.0. The molecule has 0 aliphatic rings. The highest BCUT2D eigenvalue weighted by Gasteiger charge is 2.20. The summed E-state index contributed by atoms with van der Waals surface area (Å²) in [7, 11) is -2.17. The SMILES string of the molecule is CCOc1ccc(OCC)c(S(=O)(=O)NCc2ccc(OC)cc2)c1. The van der Waals surface area contributed by atoms with Gasteiger partial charge < -0.3 is 14.2 Å². The molecule has 6 nitrogen and oxygen atoms in total. The minimum Gasteiger partial charge on any atom is -0.497 e. The summed E-state index contributed by atoms with van der Waals surface area (Å²) in [4.78, 5) is 0.0637. The summed E-state index contributed by atoms with van der Waals surface area (Å²) < 4.78 is 44.0. The van der Waals surface area contributed by atoms with Crippen molar-refractivity contribution in [3.63, 3.8) is 0 Å². The molecule has 0 spiro atoms. The average Bonchev–Trinajstić information content (AvgIpc) is 2.62. The highest BCUT2D eigenvalue weighted by Crippen LogP contribution is 2.28. The fourth-order valence-electron chi connectivity index (χ4n) is 2.23. The van der Waals surface area contributed by atoms with E-state index in [1.807, 2.05) is 6.92 Å². The lowest BCUT2D eigenvalue weighted by molar-refractivity contribution is 0.322. The van der Waals surface area contributed by atoms with E-state index in [9.17, 15) is 8.42 Å². The van der Waals surface area contributed by atoms with Crippen molar-refractivity contribution in [3.05, 3.63) is 48.0 Å². The summed E-state index contributed by atoms with van der Waals surface area (Å²) in [5, 5.41) is 0. The van der Waals surface area contributed by atoms with Crippen LogP contribution in [0.25, 0.3) is 0 Å². The van der Waals surface area contributed by atoms with Crippen LogP contribution in [0.4, 0.5) is 0 Å². The van der Waals surface area contributed by atoms with E-state index in [-0.39, 0.29) is 11.4 Å². The Balaban J connectivity index is 2.22. The van der Waals surface area contributed by atoms with Crippen molar-refractivity contribution in [1.82, 2.24) is 4.72 Å². The number of benzene rings is 2. The molecule has 2 aromatic rings. The Morgan fingerprint density at radius 1 is 0.920 bits per heavy atom. The number of ether oxygens (including phenoxy) is 3. The van der Waals surface area contributed by atoms with Gasteiger partial charge in [0.1, 0.15) is 22.1 Å². The van der Waals surface area contributed by atoms with Gasteiger partial charge in [0.25, 0.3) is 0 Å². The van der Waals surface area contributed by atoms with Crippen molar-refractivity contribution in [2.24, 2.45) is 0 Å². The van der Waals surface area contributed by atoms with Crippen LogP contribution in [0.1, 0.15) is 19.4 Å². The van der Waals surface area contributed by atoms with E-state index in [2.05, 4.69) is 4.72 Å². The quantitative estimate of drug-likeness (QED) is 0.739. The van der Waals surface area contributed by atoms with Gasteiger partial charge in [-0.1, -0.05) is 12.1 Å². The molecule has 0 saturated carbocycles. The van der Waals surface area contributed by atoms with Crippen LogP contribution in [-0.2, 0) is 16.6 Å². The van der Waals surface area contributed by atoms with E-state index in [0.29, 0.717) is 24.7 Å². The van der Waals surface area contributed by atoms with Crippen LogP contribution in [0.3, 0.4) is 0 Å². The van der Waals surface area contributed by atoms with Crippen LogP contribution in [0.2, 0.25) is 0 Å². The Labute approximate surface area is 148 Å². The molecular weight excluding hydrogens is 342 g/mol. The largest absolute Gasteiger partial charge is 0.497 e. The monoisotopic (exact) mass is 365 g/mol. The van der Waals surface area contributed by atoms with Crippen LogP contribution >= 0.6 is 0 Å². The molecule has 0 fully saturated rings. The lowest BCUT2D eigenvalue weighted by Crippen LogP contribution is -2.24. The molecule has 0 aromatic heterocycles. The second kappa shape index (κ2) is 8.73. The van der Waals surface area contributed by atoms with Crippen LogP contribution in [-0.4, -0.2) is 28.7 Å². The summed E-state index contributed by atoms with van der Waals surface area (Å²) >= 11 is 0. The number of sulfonamides is 1. The van der Waals surface area contributed by atoms with Gasteiger partial charge in [-0.3, -0.25) is 0 Å². The van der Waals surface area contributed by atoms with Crippen molar-refractivity contribution < 1.29 is 22.6 Å². The molecule has 0 unspecified atom stereocenters. The van der Waals surface area contributed by atoms with Crippen molar-refractivity contribution in [2.45, 2.75) is 25.3 Å². The van der Waals surface area contributed by atoms with Gasteiger partial charge >= 0.3 is 0 Å². The second-order valence-electron chi connectivity index (χ2n) is 5.15. The molecule has 0 aliphatic carbocycles. The lowest BCUT2D eigenvalue weighted by Gasteiger charge is -2.14. The molecule has 25 heavy (non-hydrogen) atoms. The van der Waals surface area contributed by atoms with E-state index in [0.717, 1.165) is 11.3 Å². The first-order valence-corrected chi connectivity index (χ1v) is 9.50. The first-order valence-electron chi connectivity index (χ1n) is 8.02. The van der Waals surface area contributed by atoms with Crippen LogP contribution < -0.4 is 18.9 Å². The van der Waals surface area contributed by atoms with Gasteiger partial charge in [-0.05, 0) is 43.7 Å². The Kier molecular flexibility index (Phi) is 6.66. The summed E-state index contributed by atoms with van der Waals surface area (Å²) in [5.74, 6) is 1.50. The smallest absolute Gasteiger partial charge is 0.244 e. The molecule has 0 atom stereocenters. The third-order valence-electron chi connectivity index (χ3n) is 3.44. The second-order valence-corrected chi connectivity index (χ2v) is 6.88. The van der Waals surface area contributed by atoms with Crippen molar-refractivity contribution in [3.8, 4) is 17.2 Å². The Morgan fingerprint density at radius 3 is 2.16 bits per heavy atom.